The molecule has 0 saturated heterocycles. The van der Waals surface area contributed by atoms with E-state index in [1.54, 1.807) is 7.11 Å². The summed E-state index contributed by atoms with van der Waals surface area (Å²) in [6.07, 6.45) is 0.989. The van der Waals surface area contributed by atoms with Crippen molar-refractivity contribution in [1.29, 1.82) is 0 Å². The minimum Gasteiger partial charge on any atom is -0.496 e. The van der Waals surface area contributed by atoms with Crippen LogP contribution in [-0.2, 0) is 6.16 Å². The third kappa shape index (κ3) is 3.91. The minimum atomic E-state index is -1.91. The van der Waals surface area contributed by atoms with E-state index in [-0.39, 0.29) is 0 Å². The molecule has 0 amide bonds. The summed E-state index contributed by atoms with van der Waals surface area (Å²) in [5.41, 5.74) is 5.17. The van der Waals surface area contributed by atoms with Gasteiger partial charge in [0.05, 0.1) is 13.3 Å². The van der Waals surface area contributed by atoms with E-state index < -0.39 is 7.26 Å². The standard InChI is InChI=1S/C29H30OP/c1-22-20-25(23(2)24(3)29(22)30-4)21-31(26-14-8-5-9-15-26,27-16-10-6-11-17-27)28-18-12-7-13-19-28/h5-20H,21H2,1-4H3/q+1. The largest absolute Gasteiger partial charge is 0.496 e. The molecule has 0 heterocycles. The van der Waals surface area contributed by atoms with Crippen LogP contribution in [0, 0.1) is 20.8 Å². The van der Waals surface area contributed by atoms with Gasteiger partial charge < -0.3 is 4.74 Å². The topological polar surface area (TPSA) is 9.23 Å². The summed E-state index contributed by atoms with van der Waals surface area (Å²) in [4.78, 5) is 0. The fourth-order valence-corrected chi connectivity index (χ4v) is 8.97. The molecule has 0 aromatic heterocycles. The van der Waals surface area contributed by atoms with Gasteiger partial charge in [-0.25, -0.2) is 0 Å². The zero-order chi connectivity index (χ0) is 21.8. The zero-order valence-corrected chi connectivity index (χ0v) is 19.7. The highest BCUT2D eigenvalue weighted by Gasteiger charge is 2.45. The maximum Gasteiger partial charge on any atom is 0.124 e. The molecular formula is C29H30OP+. The summed E-state index contributed by atoms with van der Waals surface area (Å²) in [6, 6.07) is 35.6. The van der Waals surface area contributed by atoms with Crippen molar-refractivity contribution in [1.82, 2.24) is 0 Å². The average molecular weight is 426 g/mol. The van der Waals surface area contributed by atoms with E-state index in [9.17, 15) is 0 Å². The van der Waals surface area contributed by atoms with E-state index in [1.165, 1.54) is 38.2 Å². The maximum absolute atomic E-state index is 5.70. The monoisotopic (exact) mass is 425 g/mol. The Balaban J connectivity index is 2.02. The number of rotatable bonds is 6. The number of aryl methyl sites for hydroxylation is 1. The highest BCUT2D eigenvalue weighted by molar-refractivity contribution is 7.95. The Kier molecular flexibility index (Phi) is 6.25. The predicted octanol–water partition coefficient (Wildman–Crippen LogP) is 6.11. The Hall–Kier alpha value is -2.89. The molecule has 4 rings (SSSR count). The number of ether oxygens (including phenoxy) is 1. The SMILES string of the molecule is COc1c(C)cc(C[P+](c2ccccc2)(c2ccccc2)c2ccccc2)c(C)c1C. The molecule has 0 bridgehead atoms. The van der Waals surface area contributed by atoms with Crippen LogP contribution in [0.5, 0.6) is 5.75 Å². The molecule has 0 aliphatic carbocycles. The molecule has 0 atom stereocenters. The van der Waals surface area contributed by atoms with Crippen LogP contribution in [0.1, 0.15) is 22.3 Å². The summed E-state index contributed by atoms with van der Waals surface area (Å²) in [5, 5.41) is 4.24. The van der Waals surface area contributed by atoms with Crippen molar-refractivity contribution in [2.45, 2.75) is 26.9 Å². The summed E-state index contributed by atoms with van der Waals surface area (Å²) in [5.74, 6) is 1.00. The molecule has 156 valence electrons. The second kappa shape index (κ2) is 9.08. The van der Waals surface area contributed by atoms with Gasteiger partial charge in [-0.15, -0.1) is 0 Å². The summed E-state index contributed by atoms with van der Waals surface area (Å²) in [6.45, 7) is 6.57. The van der Waals surface area contributed by atoms with Crippen LogP contribution in [-0.4, -0.2) is 7.11 Å². The van der Waals surface area contributed by atoms with Crippen molar-refractivity contribution in [2.75, 3.05) is 7.11 Å². The van der Waals surface area contributed by atoms with Crippen molar-refractivity contribution < 1.29 is 4.74 Å². The van der Waals surface area contributed by atoms with Gasteiger partial charge in [-0.3, -0.25) is 0 Å². The van der Waals surface area contributed by atoms with Crippen LogP contribution >= 0.6 is 7.26 Å². The lowest BCUT2D eigenvalue weighted by Gasteiger charge is -2.29. The molecule has 1 nitrogen and oxygen atoms in total. The van der Waals surface area contributed by atoms with Gasteiger partial charge in [0.25, 0.3) is 0 Å². The Morgan fingerprint density at radius 3 is 1.42 bits per heavy atom. The maximum atomic E-state index is 5.70. The van der Waals surface area contributed by atoms with Crippen LogP contribution in [0.15, 0.2) is 97.1 Å². The average Bonchev–Trinajstić information content (AvgIpc) is 2.82. The molecule has 0 unspecified atom stereocenters. The molecule has 0 radical (unpaired) electrons. The third-order valence-corrected chi connectivity index (χ3v) is 10.7. The van der Waals surface area contributed by atoms with Gasteiger partial charge in [0.2, 0.25) is 0 Å². The van der Waals surface area contributed by atoms with Crippen molar-refractivity contribution in [3.8, 4) is 5.75 Å². The van der Waals surface area contributed by atoms with Gasteiger partial charge in [0.15, 0.2) is 0 Å². The fourth-order valence-electron chi connectivity index (χ4n) is 4.64. The first-order valence-electron chi connectivity index (χ1n) is 10.8. The van der Waals surface area contributed by atoms with Crippen LogP contribution in [0.25, 0.3) is 0 Å². The Morgan fingerprint density at radius 1 is 0.613 bits per heavy atom. The van der Waals surface area contributed by atoms with Crippen LogP contribution < -0.4 is 20.7 Å². The smallest absolute Gasteiger partial charge is 0.124 e. The normalized spacial score (nSPS) is 11.4. The van der Waals surface area contributed by atoms with E-state index in [1.807, 2.05) is 0 Å². The van der Waals surface area contributed by atoms with E-state index in [4.69, 9.17) is 4.74 Å². The number of benzene rings is 4. The first-order chi connectivity index (χ1) is 15.1. The van der Waals surface area contributed by atoms with Gasteiger partial charge in [-0.2, -0.15) is 0 Å². The van der Waals surface area contributed by atoms with Gasteiger partial charge in [0.1, 0.15) is 28.9 Å². The zero-order valence-electron chi connectivity index (χ0n) is 18.8. The molecule has 31 heavy (non-hydrogen) atoms. The van der Waals surface area contributed by atoms with E-state index in [0.717, 1.165) is 11.9 Å². The number of hydrogen-bond donors (Lipinski definition) is 0. The van der Waals surface area contributed by atoms with Crippen LogP contribution in [0.4, 0.5) is 0 Å². The van der Waals surface area contributed by atoms with Crippen molar-refractivity contribution in [2.24, 2.45) is 0 Å². The molecule has 4 aromatic rings. The summed E-state index contributed by atoms with van der Waals surface area (Å²) in [7, 11) is -0.139. The molecule has 0 fully saturated rings. The predicted molar refractivity (Wildman–Crippen MR) is 136 cm³/mol. The molecular weight excluding hydrogens is 395 g/mol. The first-order valence-corrected chi connectivity index (χ1v) is 12.7. The lowest BCUT2D eigenvalue weighted by molar-refractivity contribution is 0.408. The molecule has 0 aliphatic rings. The van der Waals surface area contributed by atoms with Crippen molar-refractivity contribution in [3.63, 3.8) is 0 Å². The van der Waals surface area contributed by atoms with Crippen LogP contribution in [0.2, 0.25) is 0 Å². The Morgan fingerprint density at radius 2 is 1.03 bits per heavy atom. The van der Waals surface area contributed by atoms with Crippen molar-refractivity contribution in [3.05, 3.63) is 119 Å². The number of methoxy groups -OCH3 is 1. The minimum absolute atomic E-state index is 0.989. The second-order valence-electron chi connectivity index (χ2n) is 8.11. The highest BCUT2D eigenvalue weighted by Crippen LogP contribution is 2.58. The molecule has 0 aliphatic heterocycles. The first kappa shape index (κ1) is 21.3. The molecule has 0 saturated carbocycles. The van der Waals surface area contributed by atoms with Gasteiger partial charge in [-0.05, 0) is 85.5 Å². The van der Waals surface area contributed by atoms with E-state index in [2.05, 4.69) is 118 Å². The summed E-state index contributed by atoms with van der Waals surface area (Å²) < 4.78 is 5.70. The highest BCUT2D eigenvalue weighted by atomic mass is 31.2. The fraction of sp³-hybridized carbons (Fsp3) is 0.172. The summed E-state index contributed by atoms with van der Waals surface area (Å²) >= 11 is 0. The molecule has 4 aromatic carbocycles. The molecule has 0 spiro atoms. The van der Waals surface area contributed by atoms with Crippen LogP contribution in [0.3, 0.4) is 0 Å². The van der Waals surface area contributed by atoms with E-state index in [0.29, 0.717) is 0 Å². The third-order valence-electron chi connectivity index (χ3n) is 6.34. The van der Waals surface area contributed by atoms with Gasteiger partial charge >= 0.3 is 0 Å². The van der Waals surface area contributed by atoms with Crippen molar-refractivity contribution >= 4 is 23.2 Å². The van der Waals surface area contributed by atoms with Gasteiger partial charge in [0, 0.05) is 0 Å². The Labute approximate surface area is 187 Å². The van der Waals surface area contributed by atoms with E-state index >= 15 is 0 Å². The number of hydrogen-bond acceptors (Lipinski definition) is 1. The van der Waals surface area contributed by atoms with Gasteiger partial charge in [-0.1, -0.05) is 54.6 Å². The molecule has 2 heteroatoms. The lowest BCUT2D eigenvalue weighted by atomic mass is 10.00. The Bertz CT molecular complexity index is 1060. The second-order valence-corrected chi connectivity index (χ2v) is 11.6. The molecule has 0 N–H and O–H groups in total. The lowest BCUT2D eigenvalue weighted by Crippen LogP contribution is -2.32. The quantitative estimate of drug-likeness (QED) is 0.339.